The van der Waals surface area contributed by atoms with Gasteiger partial charge in [-0.25, -0.2) is 18.9 Å². The first-order valence-corrected chi connectivity index (χ1v) is 11.7. The summed E-state index contributed by atoms with van der Waals surface area (Å²) in [6.45, 7) is 0. The zero-order chi connectivity index (χ0) is 26.5. The molecule has 1 aliphatic rings. The van der Waals surface area contributed by atoms with Gasteiger partial charge in [0.2, 0.25) is 11.8 Å². The number of ether oxygens (including phenoxy) is 3. The molecule has 1 aromatic heterocycles. The molecule has 1 aliphatic heterocycles. The Labute approximate surface area is 214 Å². The number of aromatic nitrogens is 1. The molecular weight excluding hydrogens is 507 g/mol. The van der Waals surface area contributed by atoms with Crippen LogP contribution in [0.15, 0.2) is 53.9 Å². The van der Waals surface area contributed by atoms with Gasteiger partial charge in [-0.15, -0.1) is 11.3 Å². The second-order valence-corrected chi connectivity index (χ2v) is 8.58. The third kappa shape index (κ3) is 5.67. The van der Waals surface area contributed by atoms with Gasteiger partial charge in [0.1, 0.15) is 12.1 Å². The van der Waals surface area contributed by atoms with Gasteiger partial charge in [0.15, 0.2) is 16.7 Å². The van der Waals surface area contributed by atoms with Crippen LogP contribution in [0.2, 0.25) is 0 Å². The number of thiazole rings is 1. The maximum absolute atomic E-state index is 14.3. The Hall–Kier alpha value is -4.52. The van der Waals surface area contributed by atoms with Gasteiger partial charge in [0.25, 0.3) is 5.91 Å². The highest BCUT2D eigenvalue weighted by Gasteiger charge is 2.45. The van der Waals surface area contributed by atoms with Gasteiger partial charge < -0.3 is 24.8 Å². The van der Waals surface area contributed by atoms with Gasteiger partial charge in [0.05, 0.1) is 19.6 Å². The molecule has 2 atom stereocenters. The summed E-state index contributed by atoms with van der Waals surface area (Å²) >= 11 is 0.967. The second kappa shape index (κ2) is 11.0. The van der Waals surface area contributed by atoms with Crippen LogP contribution >= 0.6 is 11.3 Å². The van der Waals surface area contributed by atoms with Crippen molar-refractivity contribution >= 4 is 40.5 Å². The highest BCUT2D eigenvalue weighted by atomic mass is 32.1. The lowest BCUT2D eigenvalue weighted by molar-refractivity contribution is -0.134. The molecule has 0 radical (unpaired) electrons. The number of nitrogens with one attached hydrogen (secondary N) is 2. The van der Waals surface area contributed by atoms with Crippen molar-refractivity contribution in [1.29, 1.82) is 0 Å². The van der Waals surface area contributed by atoms with E-state index in [1.165, 1.54) is 24.6 Å². The van der Waals surface area contributed by atoms with E-state index >= 15 is 0 Å². The van der Waals surface area contributed by atoms with Gasteiger partial charge in [-0.1, -0.05) is 36.4 Å². The molecule has 0 saturated carbocycles. The molecule has 2 aromatic carbocycles. The van der Waals surface area contributed by atoms with Crippen LogP contribution in [0.4, 0.5) is 19.1 Å². The summed E-state index contributed by atoms with van der Waals surface area (Å²) < 4.78 is 28.4. The SMILES string of the molecule is COC(=O)Oc1csc(NC(=O)[C@H](Cc2ccccc2)N2C(=O)N[C@H](c3ccc(OC)c(F)c3)C2=O)n1. The lowest BCUT2D eigenvalue weighted by Crippen LogP contribution is -2.49. The first-order chi connectivity index (χ1) is 17.8. The third-order valence-electron chi connectivity index (χ3n) is 5.43. The van der Waals surface area contributed by atoms with Crippen molar-refractivity contribution in [1.82, 2.24) is 15.2 Å². The maximum atomic E-state index is 14.3. The Morgan fingerprint density at radius 1 is 1.19 bits per heavy atom. The molecule has 2 heterocycles. The van der Waals surface area contributed by atoms with Gasteiger partial charge >= 0.3 is 12.2 Å². The Balaban J connectivity index is 1.59. The second-order valence-electron chi connectivity index (χ2n) is 7.73. The molecule has 0 bridgehead atoms. The Kier molecular flexibility index (Phi) is 7.63. The quantitative estimate of drug-likeness (QED) is 0.336. The summed E-state index contributed by atoms with van der Waals surface area (Å²) in [5.41, 5.74) is 0.888. The minimum Gasteiger partial charge on any atom is -0.494 e. The molecule has 4 rings (SSSR count). The van der Waals surface area contributed by atoms with Crippen molar-refractivity contribution in [3.63, 3.8) is 0 Å². The van der Waals surface area contributed by atoms with Crippen molar-refractivity contribution < 1.29 is 37.8 Å². The zero-order valence-corrected chi connectivity index (χ0v) is 20.4. The Bertz CT molecular complexity index is 1330. The number of hydrogen-bond donors (Lipinski definition) is 2. The van der Waals surface area contributed by atoms with Crippen molar-refractivity contribution in [2.75, 3.05) is 19.5 Å². The van der Waals surface area contributed by atoms with E-state index in [9.17, 15) is 23.6 Å². The smallest absolute Gasteiger partial charge is 0.494 e. The van der Waals surface area contributed by atoms with E-state index in [1.807, 2.05) is 0 Å². The summed E-state index contributed by atoms with van der Waals surface area (Å²) in [6, 6.07) is 9.44. The molecule has 37 heavy (non-hydrogen) atoms. The minimum absolute atomic E-state index is 0.00637. The van der Waals surface area contributed by atoms with E-state index in [0.29, 0.717) is 5.56 Å². The number of hydrogen-bond acceptors (Lipinski definition) is 9. The number of amides is 4. The van der Waals surface area contributed by atoms with E-state index in [1.54, 1.807) is 30.3 Å². The lowest BCUT2D eigenvalue weighted by atomic mass is 10.0. The minimum atomic E-state index is -1.27. The van der Waals surface area contributed by atoms with Crippen LogP contribution in [0.1, 0.15) is 17.2 Å². The molecule has 0 spiro atoms. The summed E-state index contributed by atoms with van der Waals surface area (Å²) in [7, 11) is 2.44. The summed E-state index contributed by atoms with van der Waals surface area (Å²) in [5, 5.41) is 6.52. The van der Waals surface area contributed by atoms with Crippen LogP contribution < -0.4 is 20.1 Å². The topological polar surface area (TPSA) is 136 Å². The summed E-state index contributed by atoms with van der Waals surface area (Å²) in [5.74, 6) is -2.23. The molecule has 11 nitrogen and oxygen atoms in total. The largest absolute Gasteiger partial charge is 0.514 e. The molecule has 192 valence electrons. The average Bonchev–Trinajstić information content (AvgIpc) is 3.45. The van der Waals surface area contributed by atoms with Crippen molar-refractivity contribution in [2.24, 2.45) is 0 Å². The van der Waals surface area contributed by atoms with E-state index in [4.69, 9.17) is 9.47 Å². The van der Waals surface area contributed by atoms with E-state index in [2.05, 4.69) is 20.4 Å². The summed E-state index contributed by atoms with van der Waals surface area (Å²) in [4.78, 5) is 55.7. The first kappa shape index (κ1) is 25.6. The number of imide groups is 1. The van der Waals surface area contributed by atoms with E-state index in [0.717, 1.165) is 29.4 Å². The number of halogens is 1. The molecule has 2 N–H and O–H groups in total. The maximum Gasteiger partial charge on any atom is 0.514 e. The predicted molar refractivity (Wildman–Crippen MR) is 129 cm³/mol. The van der Waals surface area contributed by atoms with Crippen LogP contribution in [-0.4, -0.2) is 54.1 Å². The van der Waals surface area contributed by atoms with Gasteiger partial charge in [0, 0.05) is 6.42 Å². The highest BCUT2D eigenvalue weighted by molar-refractivity contribution is 7.14. The average molecular weight is 529 g/mol. The number of benzene rings is 2. The molecule has 3 aromatic rings. The highest BCUT2D eigenvalue weighted by Crippen LogP contribution is 2.29. The van der Waals surface area contributed by atoms with Crippen LogP contribution in [0, 0.1) is 5.82 Å². The Morgan fingerprint density at radius 3 is 2.62 bits per heavy atom. The van der Waals surface area contributed by atoms with Crippen molar-refractivity contribution in [2.45, 2.75) is 18.5 Å². The monoisotopic (exact) mass is 528 g/mol. The number of urea groups is 1. The van der Waals surface area contributed by atoms with E-state index in [-0.39, 0.29) is 28.7 Å². The summed E-state index contributed by atoms with van der Waals surface area (Å²) in [6.07, 6.45) is -0.975. The molecule has 13 heteroatoms. The molecular formula is C24H21FN4O7S. The third-order valence-corrected chi connectivity index (χ3v) is 6.17. The fourth-order valence-electron chi connectivity index (χ4n) is 3.69. The van der Waals surface area contributed by atoms with Crippen LogP contribution in [0.5, 0.6) is 11.6 Å². The van der Waals surface area contributed by atoms with Crippen LogP contribution in [-0.2, 0) is 20.7 Å². The van der Waals surface area contributed by atoms with Crippen molar-refractivity contribution in [3.05, 3.63) is 70.9 Å². The lowest BCUT2D eigenvalue weighted by Gasteiger charge is -2.24. The first-order valence-electron chi connectivity index (χ1n) is 10.8. The Morgan fingerprint density at radius 2 is 1.95 bits per heavy atom. The fourth-order valence-corrected chi connectivity index (χ4v) is 4.31. The fraction of sp³-hybridized carbons (Fsp3) is 0.208. The van der Waals surface area contributed by atoms with Gasteiger partial charge in [-0.2, -0.15) is 4.98 Å². The van der Waals surface area contributed by atoms with Gasteiger partial charge in [-0.3, -0.25) is 9.59 Å². The number of methoxy groups -OCH3 is 2. The van der Waals surface area contributed by atoms with E-state index < -0.39 is 41.9 Å². The number of carbonyl (C=O) groups is 4. The van der Waals surface area contributed by atoms with Gasteiger partial charge in [-0.05, 0) is 23.3 Å². The molecule has 1 fully saturated rings. The zero-order valence-electron chi connectivity index (χ0n) is 19.6. The molecule has 4 amide bonds. The van der Waals surface area contributed by atoms with Crippen LogP contribution in [0.25, 0.3) is 0 Å². The number of nitrogens with zero attached hydrogens (tertiary/aromatic N) is 2. The number of rotatable bonds is 8. The predicted octanol–water partition coefficient (Wildman–Crippen LogP) is 3.28. The molecule has 0 unspecified atom stereocenters. The standard InChI is InChI=1S/C24H21FN4O7S/c1-34-17-9-8-14(11-15(17)25)19-21(31)29(23(32)27-19)16(10-13-6-4-3-5-7-13)20(30)28-22-26-18(12-37-22)36-24(33)35-2/h3-9,11-12,16,19H,10H2,1-2H3,(H,27,32)(H,26,28,30)/t16-,19+/m0/s1. The molecule has 0 aliphatic carbocycles. The normalized spacial score (nSPS) is 15.6. The van der Waals surface area contributed by atoms with Crippen LogP contribution in [0.3, 0.4) is 0 Å². The number of anilines is 1. The molecule has 1 saturated heterocycles. The van der Waals surface area contributed by atoms with Crippen molar-refractivity contribution in [3.8, 4) is 11.6 Å². The number of carbonyl (C=O) groups excluding carboxylic acids is 4.